The fourth-order valence-electron chi connectivity index (χ4n) is 3.53. The zero-order valence-electron chi connectivity index (χ0n) is 22.9. The largest absolute Gasteiger partial charge is 0.444 e. The number of benzene rings is 4. The topological polar surface area (TPSA) is 144 Å². The summed E-state index contributed by atoms with van der Waals surface area (Å²) >= 11 is 0. The number of hydrogen-bond acceptors (Lipinski definition) is 8. The van der Waals surface area contributed by atoms with Crippen molar-refractivity contribution in [3.8, 4) is 5.75 Å². The number of hydrogen-bond donors (Lipinski definition) is 3. The number of alkyl carbamates (subject to hydrolysis) is 2. The van der Waals surface area contributed by atoms with Crippen LogP contribution < -0.4 is 20.7 Å². The highest BCUT2D eigenvalue weighted by molar-refractivity contribution is 6.02. The highest BCUT2D eigenvalue weighted by Crippen LogP contribution is 2.18. The molecule has 0 bridgehead atoms. The number of guanidine groups is 1. The summed E-state index contributed by atoms with van der Waals surface area (Å²) in [7, 11) is 0. The van der Waals surface area contributed by atoms with E-state index in [0.29, 0.717) is 11.3 Å². The molecule has 0 aliphatic rings. The third kappa shape index (κ3) is 10.5. The number of amides is 3. The molecule has 43 heavy (non-hydrogen) atoms. The number of esters is 1. The predicted octanol–water partition coefficient (Wildman–Crippen LogP) is 4.86. The van der Waals surface area contributed by atoms with Gasteiger partial charge in [-0.15, -0.1) is 0 Å². The van der Waals surface area contributed by atoms with E-state index in [-0.39, 0.29) is 31.5 Å². The molecule has 0 heterocycles. The molecule has 0 aliphatic heterocycles. The second-order valence-electron chi connectivity index (χ2n) is 8.85. The zero-order chi connectivity index (χ0) is 30.3. The molecule has 0 saturated carbocycles. The van der Waals surface area contributed by atoms with Gasteiger partial charge < -0.3 is 19.5 Å². The zero-order valence-corrected chi connectivity index (χ0v) is 22.9. The van der Waals surface area contributed by atoms with Gasteiger partial charge in [0.1, 0.15) is 25.5 Å². The van der Waals surface area contributed by atoms with Gasteiger partial charge in [-0.2, -0.15) is 0 Å². The maximum atomic E-state index is 12.5. The number of nitrogens with zero attached hydrogens (tertiary/aromatic N) is 1. The predicted molar refractivity (Wildman–Crippen MR) is 157 cm³/mol. The van der Waals surface area contributed by atoms with Crippen LogP contribution in [0, 0.1) is 0 Å². The summed E-state index contributed by atoms with van der Waals surface area (Å²) in [6.07, 6.45) is -1.71. The number of carbonyl (C=O) groups excluding carboxylic acids is 4. The fourth-order valence-corrected chi connectivity index (χ4v) is 3.53. The Labute approximate surface area is 247 Å². The van der Waals surface area contributed by atoms with Crippen LogP contribution in [0.5, 0.6) is 5.75 Å². The first kappa shape index (κ1) is 30.0. The van der Waals surface area contributed by atoms with E-state index in [2.05, 4.69) is 20.9 Å². The quantitative estimate of drug-likeness (QED) is 0.111. The monoisotopic (exact) mass is 580 g/mol. The minimum Gasteiger partial charge on any atom is -0.444 e. The third-order valence-electron chi connectivity index (χ3n) is 5.61. The Morgan fingerprint density at radius 3 is 1.60 bits per heavy atom. The van der Waals surface area contributed by atoms with E-state index in [1.807, 2.05) is 36.4 Å². The first-order valence-electron chi connectivity index (χ1n) is 13.1. The molecule has 0 spiro atoms. The maximum absolute atomic E-state index is 12.5. The van der Waals surface area contributed by atoms with Crippen LogP contribution in [0.1, 0.15) is 21.5 Å². The second kappa shape index (κ2) is 15.7. The first-order chi connectivity index (χ1) is 20.9. The van der Waals surface area contributed by atoms with Crippen LogP contribution in [0.4, 0.5) is 15.3 Å². The summed E-state index contributed by atoms with van der Waals surface area (Å²) in [5.41, 5.74) is 2.27. The van der Waals surface area contributed by atoms with Crippen LogP contribution in [0.3, 0.4) is 0 Å². The summed E-state index contributed by atoms with van der Waals surface area (Å²) < 4.78 is 15.7. The number of carbonyl (C=O) groups is 4. The van der Waals surface area contributed by atoms with Crippen LogP contribution in [0.25, 0.3) is 0 Å². The molecule has 0 atom stereocenters. The number of ether oxygens (including phenoxy) is 3. The lowest BCUT2D eigenvalue weighted by Crippen LogP contribution is -2.44. The van der Waals surface area contributed by atoms with Gasteiger partial charge in [0, 0.05) is 5.56 Å². The molecule has 0 saturated heterocycles. The molecule has 3 amide bonds. The van der Waals surface area contributed by atoms with Crippen LogP contribution >= 0.6 is 0 Å². The normalized spacial score (nSPS) is 10.0. The van der Waals surface area contributed by atoms with E-state index >= 15 is 0 Å². The van der Waals surface area contributed by atoms with Crippen molar-refractivity contribution in [1.29, 1.82) is 0 Å². The molecule has 4 aromatic carbocycles. The summed E-state index contributed by atoms with van der Waals surface area (Å²) in [4.78, 5) is 53.5. The van der Waals surface area contributed by atoms with Crippen molar-refractivity contribution < 1.29 is 33.4 Å². The lowest BCUT2D eigenvalue weighted by Gasteiger charge is -2.12. The Morgan fingerprint density at radius 2 is 1.09 bits per heavy atom. The molecule has 0 radical (unpaired) electrons. The minimum absolute atomic E-state index is 0.00424. The van der Waals surface area contributed by atoms with Gasteiger partial charge in [-0.3, -0.25) is 15.4 Å². The van der Waals surface area contributed by atoms with E-state index in [0.717, 1.165) is 11.1 Å². The summed E-state index contributed by atoms with van der Waals surface area (Å²) in [5.74, 6) is -1.12. The Hall–Kier alpha value is -5.97. The molecule has 11 nitrogen and oxygen atoms in total. The molecule has 218 valence electrons. The molecule has 0 aliphatic carbocycles. The molecule has 11 heteroatoms. The molecular weight excluding hydrogens is 552 g/mol. The van der Waals surface area contributed by atoms with Gasteiger partial charge in [0.15, 0.2) is 0 Å². The van der Waals surface area contributed by atoms with E-state index in [1.165, 1.54) is 24.3 Å². The van der Waals surface area contributed by atoms with Crippen molar-refractivity contribution in [3.05, 3.63) is 132 Å². The van der Waals surface area contributed by atoms with Gasteiger partial charge in [0.05, 0.1) is 5.69 Å². The molecule has 0 aromatic heterocycles. The summed E-state index contributed by atoms with van der Waals surface area (Å²) in [6.45, 7) is -0.323. The van der Waals surface area contributed by atoms with Crippen molar-refractivity contribution in [1.82, 2.24) is 16.0 Å². The van der Waals surface area contributed by atoms with Crippen LogP contribution in [0.15, 0.2) is 120 Å². The number of nitrogens with one attached hydrogen (secondary N) is 3. The van der Waals surface area contributed by atoms with Crippen molar-refractivity contribution in [2.75, 3.05) is 6.54 Å². The smallest absolute Gasteiger partial charge is 0.414 e. The van der Waals surface area contributed by atoms with E-state index in [4.69, 9.17) is 14.2 Å². The van der Waals surface area contributed by atoms with Gasteiger partial charge in [-0.05, 0) is 47.5 Å². The number of aliphatic imine (C=N–C) groups is 1. The summed E-state index contributed by atoms with van der Waals surface area (Å²) in [5, 5.41) is 7.30. The molecule has 4 rings (SSSR count). The molecule has 0 unspecified atom stereocenters. The van der Waals surface area contributed by atoms with Crippen LogP contribution in [-0.2, 0) is 27.5 Å². The maximum Gasteiger partial charge on any atom is 0.414 e. The first-order valence-corrected chi connectivity index (χ1v) is 13.1. The van der Waals surface area contributed by atoms with E-state index in [9.17, 15) is 19.2 Å². The van der Waals surface area contributed by atoms with Gasteiger partial charge in [0.25, 0.3) is 5.91 Å². The lowest BCUT2D eigenvalue weighted by molar-refractivity contribution is -0.133. The molecular formula is C32H28N4O7. The Balaban J connectivity index is 1.35. The Morgan fingerprint density at radius 1 is 0.605 bits per heavy atom. The third-order valence-corrected chi connectivity index (χ3v) is 5.61. The molecule has 0 fully saturated rings. The molecule has 4 aromatic rings. The Kier molecular flexibility index (Phi) is 11.0. The van der Waals surface area contributed by atoms with E-state index in [1.54, 1.807) is 54.6 Å². The van der Waals surface area contributed by atoms with Crippen LogP contribution in [-0.4, -0.2) is 36.6 Å². The fraction of sp³-hybridized carbons (Fsp3) is 0.0938. The van der Waals surface area contributed by atoms with Crippen molar-refractivity contribution in [2.24, 2.45) is 4.99 Å². The lowest BCUT2D eigenvalue weighted by atomic mass is 10.2. The second-order valence-corrected chi connectivity index (χ2v) is 8.85. The van der Waals surface area contributed by atoms with Crippen molar-refractivity contribution in [2.45, 2.75) is 13.2 Å². The van der Waals surface area contributed by atoms with Gasteiger partial charge in [-0.25, -0.2) is 19.4 Å². The van der Waals surface area contributed by atoms with Crippen molar-refractivity contribution in [3.63, 3.8) is 0 Å². The summed E-state index contributed by atoms with van der Waals surface area (Å²) in [6, 6.07) is 32.5. The van der Waals surface area contributed by atoms with Gasteiger partial charge in [0.2, 0.25) is 5.96 Å². The standard InChI is InChI=1S/C32H28N4O7/c37-28(20-33-29(38)25-14-8-3-9-15-25)43-27-18-16-26(17-19-27)34-30(35-31(39)41-21-23-10-4-1-5-11-23)36-32(40)42-22-24-12-6-2-7-13-24/h1-19H,20-22H2,(H,33,38)(H2,34,35,36,39,40). The highest BCUT2D eigenvalue weighted by atomic mass is 16.6. The minimum atomic E-state index is -0.853. The SMILES string of the molecule is O=C(CNC(=O)c1ccccc1)Oc1ccc(N=C(NC(=O)OCc2ccccc2)NC(=O)OCc2ccccc2)cc1. The Bertz CT molecular complexity index is 1490. The van der Waals surface area contributed by atoms with Crippen molar-refractivity contribution >= 4 is 35.7 Å². The average molecular weight is 581 g/mol. The van der Waals surface area contributed by atoms with Crippen LogP contribution in [0.2, 0.25) is 0 Å². The van der Waals surface area contributed by atoms with E-state index < -0.39 is 24.1 Å². The van der Waals surface area contributed by atoms with Gasteiger partial charge in [-0.1, -0.05) is 78.9 Å². The molecule has 3 N–H and O–H groups in total. The highest BCUT2D eigenvalue weighted by Gasteiger charge is 2.14. The average Bonchev–Trinajstić information content (AvgIpc) is 3.04. The number of rotatable bonds is 9. The van der Waals surface area contributed by atoms with Gasteiger partial charge >= 0.3 is 18.2 Å².